The van der Waals surface area contributed by atoms with Gasteiger partial charge in [0.2, 0.25) is 15.9 Å². The standard InChI is InChI=1S/C5H10N2O3S/c1-4(8)7-2-5(3-7)11(6,9)10/h5H,2-3H2,1H3,(H2,6,9,10). The van der Waals surface area contributed by atoms with E-state index in [9.17, 15) is 13.2 Å². The molecule has 0 unspecified atom stereocenters. The normalized spacial score (nSPS) is 19.6. The third-order valence-electron chi connectivity index (χ3n) is 1.76. The minimum atomic E-state index is -3.43. The zero-order valence-electron chi connectivity index (χ0n) is 6.15. The van der Waals surface area contributed by atoms with E-state index in [1.807, 2.05) is 0 Å². The predicted octanol–water partition coefficient (Wildman–Crippen LogP) is -1.49. The minimum absolute atomic E-state index is 0.107. The fraction of sp³-hybridized carbons (Fsp3) is 0.800. The summed E-state index contributed by atoms with van der Waals surface area (Å²) in [5.74, 6) is -0.107. The quantitative estimate of drug-likeness (QED) is 0.531. The number of sulfonamides is 1. The van der Waals surface area contributed by atoms with Crippen molar-refractivity contribution in [3.05, 3.63) is 0 Å². The molecule has 6 heteroatoms. The molecular formula is C5H10N2O3S. The molecule has 1 rings (SSSR count). The Morgan fingerprint density at radius 2 is 2.00 bits per heavy atom. The third kappa shape index (κ3) is 1.69. The minimum Gasteiger partial charge on any atom is -0.340 e. The van der Waals surface area contributed by atoms with E-state index in [0.717, 1.165) is 0 Å². The van der Waals surface area contributed by atoms with Crippen molar-refractivity contribution >= 4 is 15.9 Å². The molecule has 1 fully saturated rings. The van der Waals surface area contributed by atoms with Gasteiger partial charge >= 0.3 is 0 Å². The molecule has 2 N–H and O–H groups in total. The zero-order valence-corrected chi connectivity index (χ0v) is 6.97. The van der Waals surface area contributed by atoms with Crippen molar-refractivity contribution in [2.24, 2.45) is 5.14 Å². The molecule has 1 amide bonds. The van der Waals surface area contributed by atoms with E-state index in [-0.39, 0.29) is 19.0 Å². The maximum absolute atomic E-state index is 10.6. The van der Waals surface area contributed by atoms with Crippen LogP contribution in [0.25, 0.3) is 0 Å². The smallest absolute Gasteiger partial charge is 0.219 e. The Balaban J connectivity index is 2.48. The van der Waals surface area contributed by atoms with Crippen LogP contribution in [0.4, 0.5) is 0 Å². The van der Waals surface area contributed by atoms with Crippen LogP contribution in [0.5, 0.6) is 0 Å². The highest BCUT2D eigenvalue weighted by Crippen LogP contribution is 2.13. The molecule has 1 saturated heterocycles. The van der Waals surface area contributed by atoms with Crippen LogP contribution in [-0.2, 0) is 14.8 Å². The van der Waals surface area contributed by atoms with Crippen LogP contribution < -0.4 is 5.14 Å². The highest BCUT2D eigenvalue weighted by atomic mass is 32.2. The number of rotatable bonds is 1. The average Bonchev–Trinajstić information content (AvgIpc) is 1.51. The second-order valence-corrected chi connectivity index (χ2v) is 4.48. The number of likely N-dealkylation sites (tertiary alicyclic amines) is 1. The Labute approximate surface area is 65.2 Å². The van der Waals surface area contributed by atoms with Gasteiger partial charge < -0.3 is 4.90 Å². The molecular weight excluding hydrogens is 168 g/mol. The van der Waals surface area contributed by atoms with Crippen LogP contribution in [0.15, 0.2) is 0 Å². The van der Waals surface area contributed by atoms with E-state index >= 15 is 0 Å². The van der Waals surface area contributed by atoms with Crippen molar-refractivity contribution in [2.45, 2.75) is 12.2 Å². The zero-order chi connectivity index (χ0) is 8.65. The topological polar surface area (TPSA) is 80.5 Å². The first-order valence-electron chi connectivity index (χ1n) is 3.18. The SMILES string of the molecule is CC(=O)N1CC(S(N)(=O)=O)C1. The Morgan fingerprint density at radius 3 is 2.27 bits per heavy atom. The maximum Gasteiger partial charge on any atom is 0.219 e. The molecule has 1 heterocycles. The van der Waals surface area contributed by atoms with E-state index in [1.54, 1.807) is 0 Å². The largest absolute Gasteiger partial charge is 0.340 e. The molecule has 1 aliphatic heterocycles. The van der Waals surface area contributed by atoms with E-state index in [0.29, 0.717) is 0 Å². The van der Waals surface area contributed by atoms with Crippen molar-refractivity contribution in [1.29, 1.82) is 0 Å². The van der Waals surface area contributed by atoms with E-state index in [1.165, 1.54) is 11.8 Å². The number of amides is 1. The number of hydrogen-bond donors (Lipinski definition) is 1. The van der Waals surface area contributed by atoms with E-state index in [2.05, 4.69) is 0 Å². The second kappa shape index (κ2) is 2.46. The van der Waals surface area contributed by atoms with Gasteiger partial charge in [0.05, 0.1) is 0 Å². The fourth-order valence-corrected chi connectivity index (χ4v) is 1.68. The van der Waals surface area contributed by atoms with Crippen LogP contribution in [0.3, 0.4) is 0 Å². The second-order valence-electron chi connectivity index (χ2n) is 2.64. The van der Waals surface area contributed by atoms with Gasteiger partial charge in [0.25, 0.3) is 0 Å². The van der Waals surface area contributed by atoms with Crippen molar-refractivity contribution in [1.82, 2.24) is 4.90 Å². The number of nitrogens with zero attached hydrogens (tertiary/aromatic N) is 1. The number of hydrogen-bond acceptors (Lipinski definition) is 3. The lowest BCUT2D eigenvalue weighted by molar-refractivity contribution is -0.131. The molecule has 64 valence electrons. The molecule has 0 aliphatic carbocycles. The van der Waals surface area contributed by atoms with Gasteiger partial charge in [-0.2, -0.15) is 0 Å². The molecule has 0 saturated carbocycles. The monoisotopic (exact) mass is 178 g/mol. The van der Waals surface area contributed by atoms with E-state index < -0.39 is 15.3 Å². The molecule has 1 aliphatic rings. The Hall–Kier alpha value is -0.620. The summed E-state index contributed by atoms with van der Waals surface area (Å²) in [4.78, 5) is 12.0. The summed E-state index contributed by atoms with van der Waals surface area (Å²) < 4.78 is 21.2. The van der Waals surface area contributed by atoms with Crippen LogP contribution in [0, 0.1) is 0 Å². The molecule has 0 spiro atoms. The molecule has 0 aromatic rings. The van der Waals surface area contributed by atoms with Crippen LogP contribution in [0.1, 0.15) is 6.92 Å². The number of carbonyl (C=O) groups excluding carboxylic acids is 1. The summed E-state index contributed by atoms with van der Waals surface area (Å²) in [5.41, 5.74) is 0. The van der Waals surface area contributed by atoms with Gasteiger partial charge in [0.15, 0.2) is 0 Å². The Morgan fingerprint density at radius 1 is 1.55 bits per heavy atom. The van der Waals surface area contributed by atoms with Gasteiger partial charge in [0.1, 0.15) is 5.25 Å². The lowest BCUT2D eigenvalue weighted by atomic mass is 10.2. The third-order valence-corrected chi connectivity index (χ3v) is 2.99. The van der Waals surface area contributed by atoms with Crippen LogP contribution in [0.2, 0.25) is 0 Å². The van der Waals surface area contributed by atoms with Crippen molar-refractivity contribution in [3.63, 3.8) is 0 Å². The molecule has 0 radical (unpaired) electrons. The molecule has 0 bridgehead atoms. The van der Waals surface area contributed by atoms with Crippen LogP contribution in [-0.4, -0.2) is 37.6 Å². The van der Waals surface area contributed by atoms with Crippen molar-refractivity contribution < 1.29 is 13.2 Å². The van der Waals surface area contributed by atoms with Gasteiger partial charge in [-0.05, 0) is 0 Å². The summed E-state index contributed by atoms with van der Waals surface area (Å²) in [6, 6.07) is 0. The van der Waals surface area contributed by atoms with Gasteiger partial charge in [-0.15, -0.1) is 0 Å². The number of carbonyl (C=O) groups is 1. The lowest BCUT2D eigenvalue weighted by Gasteiger charge is -2.36. The summed E-state index contributed by atoms with van der Waals surface area (Å²) >= 11 is 0. The first-order chi connectivity index (χ1) is 4.91. The summed E-state index contributed by atoms with van der Waals surface area (Å²) in [7, 11) is -3.43. The molecule has 0 aromatic heterocycles. The molecule has 0 atom stereocenters. The van der Waals surface area contributed by atoms with Crippen molar-refractivity contribution in [3.8, 4) is 0 Å². The molecule has 5 nitrogen and oxygen atoms in total. The van der Waals surface area contributed by atoms with Gasteiger partial charge in [-0.1, -0.05) is 0 Å². The molecule has 0 aromatic carbocycles. The first kappa shape index (κ1) is 8.48. The Bertz CT molecular complexity index is 265. The molecule has 11 heavy (non-hydrogen) atoms. The summed E-state index contributed by atoms with van der Waals surface area (Å²) in [6.07, 6.45) is 0. The summed E-state index contributed by atoms with van der Waals surface area (Å²) in [5, 5.41) is 4.29. The van der Waals surface area contributed by atoms with E-state index in [4.69, 9.17) is 5.14 Å². The number of nitrogens with two attached hydrogens (primary N) is 1. The van der Waals surface area contributed by atoms with Gasteiger partial charge in [-0.3, -0.25) is 4.79 Å². The highest BCUT2D eigenvalue weighted by molar-refractivity contribution is 7.89. The number of primary sulfonamides is 1. The van der Waals surface area contributed by atoms with Gasteiger partial charge in [-0.25, -0.2) is 13.6 Å². The lowest BCUT2D eigenvalue weighted by Crippen LogP contribution is -2.57. The van der Waals surface area contributed by atoms with Crippen LogP contribution >= 0.6 is 0 Å². The summed E-state index contributed by atoms with van der Waals surface area (Å²) in [6.45, 7) is 1.89. The fourth-order valence-electron chi connectivity index (χ4n) is 0.903. The average molecular weight is 178 g/mol. The Kier molecular flexibility index (Phi) is 1.89. The highest BCUT2D eigenvalue weighted by Gasteiger charge is 2.36. The predicted molar refractivity (Wildman–Crippen MR) is 39.1 cm³/mol. The maximum atomic E-state index is 10.6. The van der Waals surface area contributed by atoms with Crippen molar-refractivity contribution in [2.75, 3.05) is 13.1 Å². The van der Waals surface area contributed by atoms with Gasteiger partial charge in [0, 0.05) is 20.0 Å². The first-order valence-corrected chi connectivity index (χ1v) is 4.79.